The molecule has 0 unspecified atom stereocenters. The van der Waals surface area contributed by atoms with Crippen LogP contribution in [0.2, 0.25) is 5.02 Å². The Balaban J connectivity index is 1.98. The van der Waals surface area contributed by atoms with E-state index in [4.69, 9.17) is 11.6 Å². The zero-order valence-electron chi connectivity index (χ0n) is 14.6. The first-order chi connectivity index (χ1) is 11.9. The molecule has 0 saturated carbocycles. The molecule has 25 heavy (non-hydrogen) atoms. The molecular weight excluding hydrogens is 338 g/mol. The fraction of sp³-hybridized carbons (Fsp3) is 0.263. The van der Waals surface area contributed by atoms with Crippen molar-refractivity contribution in [1.82, 2.24) is 0 Å². The average molecular weight is 360 g/mol. The molecule has 0 spiro atoms. The molecule has 6 heteroatoms. The van der Waals surface area contributed by atoms with E-state index in [0.717, 1.165) is 22.5 Å². The molecule has 0 radical (unpaired) electrons. The number of benzene rings is 2. The van der Waals surface area contributed by atoms with Crippen LogP contribution < -0.4 is 16.0 Å². The lowest BCUT2D eigenvalue weighted by atomic mass is 10.1. The van der Waals surface area contributed by atoms with Gasteiger partial charge in [-0.05, 0) is 49.2 Å². The first-order valence-electron chi connectivity index (χ1n) is 8.09. The van der Waals surface area contributed by atoms with Gasteiger partial charge in [0.05, 0.1) is 6.54 Å². The lowest BCUT2D eigenvalue weighted by molar-refractivity contribution is -0.116. The zero-order chi connectivity index (χ0) is 18.4. The van der Waals surface area contributed by atoms with Gasteiger partial charge in [-0.2, -0.15) is 0 Å². The normalized spacial score (nSPS) is 10.2. The second-order valence-corrected chi connectivity index (χ2v) is 6.23. The summed E-state index contributed by atoms with van der Waals surface area (Å²) in [6.07, 6.45) is 0.415. The van der Waals surface area contributed by atoms with Crippen LogP contribution in [-0.4, -0.2) is 18.4 Å². The summed E-state index contributed by atoms with van der Waals surface area (Å²) in [5, 5.41) is 9.31. The molecule has 0 atom stereocenters. The van der Waals surface area contributed by atoms with Crippen LogP contribution in [0.4, 0.5) is 17.1 Å². The molecule has 0 aromatic heterocycles. The van der Waals surface area contributed by atoms with Gasteiger partial charge >= 0.3 is 0 Å². The summed E-state index contributed by atoms with van der Waals surface area (Å²) in [4.78, 5) is 23.7. The summed E-state index contributed by atoms with van der Waals surface area (Å²) >= 11 is 5.96. The van der Waals surface area contributed by atoms with Crippen molar-refractivity contribution in [1.29, 1.82) is 0 Å². The molecular formula is C19H22ClN3O2. The Morgan fingerprint density at radius 2 is 1.52 bits per heavy atom. The number of hydrogen-bond acceptors (Lipinski definition) is 3. The predicted molar refractivity (Wildman–Crippen MR) is 103 cm³/mol. The lowest BCUT2D eigenvalue weighted by Gasteiger charge is -2.13. The highest BCUT2D eigenvalue weighted by Crippen LogP contribution is 2.21. The molecule has 0 fully saturated rings. The quantitative estimate of drug-likeness (QED) is 0.717. The SMILES string of the molecule is CCC(=O)Nc1cc(NCC(=O)Nc2cc(Cl)ccc2C)ccc1C. The number of aryl methyl sites for hydroxylation is 2. The van der Waals surface area contributed by atoms with Gasteiger partial charge in [-0.3, -0.25) is 9.59 Å². The second-order valence-electron chi connectivity index (χ2n) is 5.79. The maximum atomic E-state index is 12.1. The summed E-state index contributed by atoms with van der Waals surface area (Å²) in [5.41, 5.74) is 4.10. The number of amides is 2. The molecule has 0 aliphatic heterocycles. The maximum absolute atomic E-state index is 12.1. The highest BCUT2D eigenvalue weighted by molar-refractivity contribution is 6.31. The Labute approximate surface area is 152 Å². The number of rotatable bonds is 6. The van der Waals surface area contributed by atoms with Gasteiger partial charge in [-0.25, -0.2) is 0 Å². The predicted octanol–water partition coefficient (Wildman–Crippen LogP) is 4.36. The molecule has 132 valence electrons. The van der Waals surface area contributed by atoms with Crippen molar-refractivity contribution in [3.63, 3.8) is 0 Å². The van der Waals surface area contributed by atoms with Crippen LogP contribution in [0, 0.1) is 13.8 Å². The van der Waals surface area contributed by atoms with E-state index < -0.39 is 0 Å². The number of carbonyl (C=O) groups is 2. The maximum Gasteiger partial charge on any atom is 0.243 e. The third-order valence-corrected chi connectivity index (χ3v) is 3.99. The third-order valence-electron chi connectivity index (χ3n) is 3.76. The molecule has 0 saturated heterocycles. The van der Waals surface area contributed by atoms with Crippen LogP contribution in [0.15, 0.2) is 36.4 Å². The first-order valence-corrected chi connectivity index (χ1v) is 8.47. The standard InChI is InChI=1S/C19H22ClN3O2/c1-4-18(24)22-17-10-15(8-6-13(17)3)21-11-19(25)23-16-9-14(20)7-5-12(16)2/h5-10,21H,4,11H2,1-3H3,(H,22,24)(H,23,25). The Kier molecular flexibility index (Phi) is 6.42. The second kappa shape index (κ2) is 8.53. The monoisotopic (exact) mass is 359 g/mol. The number of hydrogen-bond donors (Lipinski definition) is 3. The number of anilines is 3. The van der Waals surface area contributed by atoms with Crippen LogP contribution in [0.3, 0.4) is 0 Å². The van der Waals surface area contributed by atoms with E-state index >= 15 is 0 Å². The van der Waals surface area contributed by atoms with Crippen molar-refractivity contribution >= 4 is 40.5 Å². The van der Waals surface area contributed by atoms with Gasteiger partial charge in [-0.1, -0.05) is 30.7 Å². The lowest BCUT2D eigenvalue weighted by Crippen LogP contribution is -2.22. The van der Waals surface area contributed by atoms with Crippen LogP contribution >= 0.6 is 11.6 Å². The summed E-state index contributed by atoms with van der Waals surface area (Å²) in [6, 6.07) is 10.9. The topological polar surface area (TPSA) is 70.2 Å². The number of nitrogens with one attached hydrogen (secondary N) is 3. The Bertz CT molecular complexity index is 790. The van der Waals surface area contributed by atoms with Gasteiger partial charge in [0, 0.05) is 28.5 Å². The first kappa shape index (κ1) is 18.8. The van der Waals surface area contributed by atoms with E-state index in [-0.39, 0.29) is 18.4 Å². The molecule has 2 rings (SSSR count). The Morgan fingerprint density at radius 1 is 0.920 bits per heavy atom. The van der Waals surface area contributed by atoms with Gasteiger partial charge in [0.1, 0.15) is 0 Å². The summed E-state index contributed by atoms with van der Waals surface area (Å²) in [6.45, 7) is 5.73. The van der Waals surface area contributed by atoms with Crippen LogP contribution in [0.25, 0.3) is 0 Å². The minimum absolute atomic E-state index is 0.0468. The third kappa shape index (κ3) is 5.50. The van der Waals surface area contributed by atoms with E-state index in [1.54, 1.807) is 19.1 Å². The van der Waals surface area contributed by atoms with Gasteiger partial charge < -0.3 is 16.0 Å². The molecule has 2 aromatic rings. The average Bonchev–Trinajstić information content (AvgIpc) is 2.58. The van der Waals surface area contributed by atoms with Crippen molar-refractivity contribution < 1.29 is 9.59 Å². The van der Waals surface area contributed by atoms with E-state index in [1.165, 1.54) is 0 Å². The van der Waals surface area contributed by atoms with Crippen molar-refractivity contribution in [2.24, 2.45) is 0 Å². The van der Waals surface area contributed by atoms with Crippen molar-refractivity contribution in [3.8, 4) is 0 Å². The summed E-state index contributed by atoms with van der Waals surface area (Å²) < 4.78 is 0. The minimum atomic E-state index is -0.176. The fourth-order valence-corrected chi connectivity index (χ4v) is 2.38. The van der Waals surface area contributed by atoms with Crippen LogP contribution in [-0.2, 0) is 9.59 Å². The Hall–Kier alpha value is -2.53. The largest absolute Gasteiger partial charge is 0.376 e. The fourth-order valence-electron chi connectivity index (χ4n) is 2.21. The van der Waals surface area contributed by atoms with Crippen LogP contribution in [0.5, 0.6) is 0 Å². The van der Waals surface area contributed by atoms with E-state index in [0.29, 0.717) is 17.1 Å². The Morgan fingerprint density at radius 3 is 2.20 bits per heavy atom. The molecule has 0 bridgehead atoms. The van der Waals surface area contributed by atoms with Crippen molar-refractivity contribution in [2.45, 2.75) is 27.2 Å². The molecule has 5 nitrogen and oxygen atoms in total. The summed E-state index contributed by atoms with van der Waals surface area (Å²) in [5.74, 6) is -0.223. The van der Waals surface area contributed by atoms with E-state index in [2.05, 4.69) is 16.0 Å². The van der Waals surface area contributed by atoms with Gasteiger partial charge in [0.15, 0.2) is 0 Å². The molecule has 0 heterocycles. The van der Waals surface area contributed by atoms with E-state index in [9.17, 15) is 9.59 Å². The number of halogens is 1. The minimum Gasteiger partial charge on any atom is -0.376 e. The molecule has 2 amide bonds. The molecule has 0 aliphatic rings. The van der Waals surface area contributed by atoms with E-state index in [1.807, 2.05) is 38.1 Å². The van der Waals surface area contributed by atoms with Gasteiger partial charge in [-0.15, -0.1) is 0 Å². The molecule has 2 aromatic carbocycles. The van der Waals surface area contributed by atoms with Crippen LogP contribution in [0.1, 0.15) is 24.5 Å². The van der Waals surface area contributed by atoms with Crippen molar-refractivity contribution in [3.05, 3.63) is 52.5 Å². The van der Waals surface area contributed by atoms with Gasteiger partial charge in [0.25, 0.3) is 0 Å². The van der Waals surface area contributed by atoms with Gasteiger partial charge in [0.2, 0.25) is 11.8 Å². The molecule has 0 aliphatic carbocycles. The highest BCUT2D eigenvalue weighted by Gasteiger charge is 2.07. The highest BCUT2D eigenvalue weighted by atomic mass is 35.5. The zero-order valence-corrected chi connectivity index (χ0v) is 15.3. The smallest absolute Gasteiger partial charge is 0.243 e. The number of carbonyl (C=O) groups excluding carboxylic acids is 2. The van der Waals surface area contributed by atoms with Crippen molar-refractivity contribution in [2.75, 3.05) is 22.5 Å². The molecule has 3 N–H and O–H groups in total. The summed E-state index contributed by atoms with van der Waals surface area (Å²) in [7, 11) is 0.